The van der Waals surface area contributed by atoms with Gasteiger partial charge in [-0.05, 0) is 240 Å². The SMILES string of the molecule is C=CCOc1cc(C(=O)NCCCCNC(=O)COc2cc(C(=O)NCCCCCNC(=O)OC(C)(C)C)cc(C(=O)NCCCCCNC(=O)OC(C)(C)C)c2)cc(C(=O)NCCCCNC(=O)COc2cc(C(=O)NCCCCCNC(=O)OC(C)(C)C)cc(C(=O)NCCCCCNC(=O)OC(C)(C)C)c2)c1. The van der Waals surface area contributed by atoms with Crippen molar-refractivity contribution in [3.05, 3.63) is 101 Å². The number of nitrogens with one attached hydrogen (secondary N) is 12. The highest BCUT2D eigenvalue weighted by molar-refractivity contribution is 6.02. The zero-order chi connectivity index (χ0) is 81.6. The molecule has 0 saturated heterocycles. The van der Waals surface area contributed by atoms with Crippen LogP contribution in [0.15, 0.2) is 67.3 Å². The van der Waals surface area contributed by atoms with E-state index in [2.05, 4.69) is 70.4 Å². The molecule has 31 heteroatoms. The Morgan fingerprint density at radius 2 is 0.445 bits per heavy atom. The van der Waals surface area contributed by atoms with Gasteiger partial charge in [-0.25, -0.2) is 19.2 Å². The Kier molecular flexibility index (Phi) is 43.0. The maximum absolute atomic E-state index is 13.5. The predicted octanol–water partition coefficient (Wildman–Crippen LogP) is 9.36. The fraction of sp³-hybridized carbons (Fsp3) is 0.595. The maximum Gasteiger partial charge on any atom is 0.407 e. The summed E-state index contributed by atoms with van der Waals surface area (Å²) >= 11 is 0. The molecule has 0 aliphatic rings. The summed E-state index contributed by atoms with van der Waals surface area (Å²) in [6, 6.07) is 13.1. The Balaban J connectivity index is 1.50. The van der Waals surface area contributed by atoms with Crippen molar-refractivity contribution in [2.45, 2.75) is 208 Å². The van der Waals surface area contributed by atoms with Gasteiger partial charge in [0.15, 0.2) is 13.2 Å². The summed E-state index contributed by atoms with van der Waals surface area (Å²) in [4.78, 5) is 155. The van der Waals surface area contributed by atoms with Crippen LogP contribution in [0.2, 0.25) is 0 Å². The fourth-order valence-corrected chi connectivity index (χ4v) is 9.89. The number of carbonyl (C=O) groups is 12. The van der Waals surface area contributed by atoms with Gasteiger partial charge >= 0.3 is 24.4 Å². The van der Waals surface area contributed by atoms with E-state index in [1.54, 1.807) is 83.1 Å². The normalized spacial score (nSPS) is 11.2. The second kappa shape index (κ2) is 50.4. The second-order valence-electron chi connectivity index (χ2n) is 30.0. The third-order valence-electron chi connectivity index (χ3n) is 15.1. The van der Waals surface area contributed by atoms with E-state index in [4.69, 9.17) is 33.2 Å². The Hall–Kier alpha value is -10.4. The van der Waals surface area contributed by atoms with Gasteiger partial charge < -0.3 is 97.0 Å². The van der Waals surface area contributed by atoms with E-state index in [-0.39, 0.29) is 83.4 Å². The van der Waals surface area contributed by atoms with Crippen molar-refractivity contribution in [3.63, 3.8) is 0 Å². The van der Waals surface area contributed by atoms with Crippen LogP contribution >= 0.6 is 0 Å². The first kappa shape index (κ1) is 93.8. The molecular formula is C79H122N12O19. The van der Waals surface area contributed by atoms with Crippen LogP contribution < -0.4 is 78.0 Å². The largest absolute Gasteiger partial charge is 0.490 e. The third-order valence-corrected chi connectivity index (χ3v) is 15.1. The van der Waals surface area contributed by atoms with Gasteiger partial charge in [0, 0.05) is 112 Å². The van der Waals surface area contributed by atoms with Crippen molar-refractivity contribution >= 4 is 71.6 Å². The van der Waals surface area contributed by atoms with E-state index in [1.165, 1.54) is 60.7 Å². The molecule has 3 aromatic rings. The number of hydrogen-bond donors (Lipinski definition) is 12. The molecule has 12 N–H and O–H groups in total. The maximum atomic E-state index is 13.5. The summed E-state index contributed by atoms with van der Waals surface area (Å²) in [5.74, 6) is -3.26. The van der Waals surface area contributed by atoms with Gasteiger partial charge in [0.1, 0.15) is 46.3 Å². The molecule has 12 amide bonds. The molecule has 0 atom stereocenters. The van der Waals surface area contributed by atoms with E-state index in [9.17, 15) is 57.5 Å². The molecule has 0 bridgehead atoms. The Bertz CT molecular complexity index is 3110. The van der Waals surface area contributed by atoms with Crippen LogP contribution in [0.25, 0.3) is 0 Å². The Labute approximate surface area is 647 Å². The summed E-state index contributed by atoms with van der Waals surface area (Å²) in [6.45, 7) is 28.1. The molecule has 110 heavy (non-hydrogen) atoms. The van der Waals surface area contributed by atoms with E-state index >= 15 is 0 Å². The fourth-order valence-electron chi connectivity index (χ4n) is 9.89. The molecule has 3 rings (SSSR count). The van der Waals surface area contributed by atoms with Gasteiger partial charge in [-0.2, -0.15) is 0 Å². The number of amides is 12. The summed E-state index contributed by atoms with van der Waals surface area (Å²) in [6.07, 6.45) is 9.22. The van der Waals surface area contributed by atoms with Gasteiger partial charge in [0.05, 0.1) is 0 Å². The quantitative estimate of drug-likeness (QED) is 0.0142. The lowest BCUT2D eigenvalue weighted by molar-refractivity contribution is -0.123. The summed E-state index contributed by atoms with van der Waals surface area (Å²) < 4.78 is 38.4. The smallest absolute Gasteiger partial charge is 0.407 e. The van der Waals surface area contributed by atoms with Crippen LogP contribution in [0, 0.1) is 0 Å². The van der Waals surface area contributed by atoms with Crippen molar-refractivity contribution < 1.29 is 90.7 Å². The highest BCUT2D eigenvalue weighted by atomic mass is 16.6. The van der Waals surface area contributed by atoms with Crippen LogP contribution in [-0.4, -0.2) is 192 Å². The van der Waals surface area contributed by atoms with Crippen LogP contribution in [-0.2, 0) is 28.5 Å². The van der Waals surface area contributed by atoms with Gasteiger partial charge in [-0.1, -0.05) is 12.7 Å². The minimum absolute atomic E-state index is 0.105. The van der Waals surface area contributed by atoms with E-state index in [0.717, 1.165) is 0 Å². The van der Waals surface area contributed by atoms with Crippen molar-refractivity contribution in [1.29, 1.82) is 0 Å². The minimum atomic E-state index is -0.615. The predicted molar refractivity (Wildman–Crippen MR) is 417 cm³/mol. The van der Waals surface area contributed by atoms with Gasteiger partial charge in [0.2, 0.25) is 0 Å². The van der Waals surface area contributed by atoms with Crippen LogP contribution in [0.3, 0.4) is 0 Å². The van der Waals surface area contributed by atoms with Gasteiger partial charge in [-0.15, -0.1) is 0 Å². The molecule has 612 valence electrons. The minimum Gasteiger partial charge on any atom is -0.490 e. The lowest BCUT2D eigenvalue weighted by Gasteiger charge is -2.19. The standard InChI is InChI=1S/C79H122N12O19/c1-14-43-104-61-47-55(66(94)86-37-29-27-31-80-64(92)53-105-62-49-57(68(96)82-33-19-15-23-39-88-72(100)107-76(2,3)4)45-58(50-62)69(97)83-34-20-16-24-40-89-73(101)108-77(5,6)7)44-56(48-61)67(95)87-38-30-28-32-81-65(93)54-106-63-51-59(70(98)84-35-21-17-25-41-90-74(102)109-78(8,9)10)46-60(52-63)71(99)85-36-22-18-26-42-91-75(103)110-79(11,12)13/h14,44-52H,1,15-43,53-54H2,2-13H3,(H,80,92)(H,81,93)(H,82,96)(H,83,97)(H,84,98)(H,85,99)(H,86,94)(H,87,95)(H,88,100)(H,89,101)(H,90,102)(H,91,103). The molecule has 0 radical (unpaired) electrons. The van der Waals surface area contributed by atoms with Crippen LogP contribution in [0.1, 0.15) is 248 Å². The molecular weight excluding hydrogens is 1420 g/mol. The number of unbranched alkanes of at least 4 members (excludes halogenated alkanes) is 10. The first-order chi connectivity index (χ1) is 52.0. The summed E-state index contributed by atoms with van der Waals surface area (Å²) in [5.41, 5.74) is -1.58. The second-order valence-corrected chi connectivity index (χ2v) is 30.0. The Morgan fingerprint density at radius 1 is 0.264 bits per heavy atom. The van der Waals surface area contributed by atoms with E-state index < -0.39 is 107 Å². The molecule has 0 unspecified atom stereocenters. The number of carbonyl (C=O) groups excluding carboxylic acids is 12. The van der Waals surface area contributed by atoms with Crippen molar-refractivity contribution in [2.24, 2.45) is 0 Å². The molecule has 0 aliphatic carbocycles. The number of hydrogen-bond acceptors (Lipinski definition) is 19. The highest BCUT2D eigenvalue weighted by Gasteiger charge is 2.22. The van der Waals surface area contributed by atoms with Crippen LogP contribution in [0.5, 0.6) is 17.2 Å². The average molecular weight is 1540 g/mol. The molecule has 0 saturated carbocycles. The third kappa shape index (κ3) is 45.5. The lowest BCUT2D eigenvalue weighted by Crippen LogP contribution is -2.33. The zero-order valence-electron chi connectivity index (χ0n) is 66.7. The number of ether oxygens (including phenoxy) is 7. The molecule has 0 aliphatic heterocycles. The average Bonchev–Trinajstić information content (AvgIpc) is 0.847. The molecule has 0 spiro atoms. The summed E-state index contributed by atoms with van der Waals surface area (Å²) in [5, 5.41) is 33.5. The van der Waals surface area contributed by atoms with Gasteiger partial charge in [-0.3, -0.25) is 38.4 Å². The Morgan fingerprint density at radius 3 is 0.645 bits per heavy atom. The molecule has 31 nitrogen and oxygen atoms in total. The zero-order valence-corrected chi connectivity index (χ0v) is 66.7. The number of rotatable bonds is 49. The van der Waals surface area contributed by atoms with Crippen molar-refractivity contribution in [1.82, 2.24) is 63.8 Å². The number of benzene rings is 3. The van der Waals surface area contributed by atoms with Crippen molar-refractivity contribution in [2.75, 3.05) is 98.4 Å². The highest BCUT2D eigenvalue weighted by Crippen LogP contribution is 2.22. The molecule has 0 heterocycles. The lowest BCUT2D eigenvalue weighted by atomic mass is 10.1. The topological polar surface area (TPSA) is 414 Å². The van der Waals surface area contributed by atoms with E-state index in [1.807, 2.05) is 0 Å². The molecule has 3 aromatic carbocycles. The summed E-state index contributed by atoms with van der Waals surface area (Å²) in [7, 11) is 0. The van der Waals surface area contributed by atoms with Gasteiger partial charge in [0.25, 0.3) is 47.3 Å². The first-order valence-corrected chi connectivity index (χ1v) is 38.0. The molecule has 0 fully saturated rings. The van der Waals surface area contributed by atoms with Crippen molar-refractivity contribution in [3.8, 4) is 17.2 Å². The monoisotopic (exact) mass is 1540 g/mol. The number of alkyl carbamates (subject to hydrolysis) is 4. The molecule has 0 aromatic heterocycles. The van der Waals surface area contributed by atoms with Crippen LogP contribution in [0.4, 0.5) is 19.2 Å². The first-order valence-electron chi connectivity index (χ1n) is 38.0. The van der Waals surface area contributed by atoms with E-state index in [0.29, 0.717) is 155 Å².